The lowest BCUT2D eigenvalue weighted by molar-refractivity contribution is -0.118. The predicted octanol–water partition coefficient (Wildman–Crippen LogP) is -1.02. The van der Waals surface area contributed by atoms with Crippen LogP contribution in [0.3, 0.4) is 0 Å². The summed E-state index contributed by atoms with van der Waals surface area (Å²) in [5, 5.41) is 22.4. The van der Waals surface area contributed by atoms with Crippen LogP contribution in [-0.2, 0) is 14.3 Å². The van der Waals surface area contributed by atoms with Crippen molar-refractivity contribution < 1.29 is 24.5 Å². The number of carbonyl (C=O) groups excluding carboxylic acids is 1. The number of carbonyl (C=O) groups is 1. The molecule has 1 amide bonds. The Labute approximate surface area is 148 Å². The summed E-state index contributed by atoms with van der Waals surface area (Å²) in [5.41, 5.74) is -0.377. The second-order valence-electron chi connectivity index (χ2n) is 6.32. The number of imidazole rings is 1. The molecule has 2 aromatic heterocycles. The monoisotopic (exact) mass is 367 g/mol. The molecule has 3 heterocycles. The molecule has 0 saturated carbocycles. The number of ether oxygens (including phenoxy) is 2. The van der Waals surface area contributed by atoms with E-state index in [4.69, 9.17) is 9.47 Å². The molecule has 1 saturated heterocycles. The van der Waals surface area contributed by atoms with Crippen LogP contribution in [0.2, 0.25) is 0 Å². The van der Waals surface area contributed by atoms with Gasteiger partial charge in [0.2, 0.25) is 11.9 Å². The van der Waals surface area contributed by atoms with E-state index in [1.54, 1.807) is 13.8 Å². The normalized spacial score (nSPS) is 25.9. The minimum atomic E-state index is -1.11. The Bertz CT molecular complexity index is 862. The Morgan fingerprint density at radius 2 is 2.27 bits per heavy atom. The zero-order chi connectivity index (χ0) is 19.0. The van der Waals surface area contributed by atoms with Crippen LogP contribution in [0, 0.1) is 5.92 Å². The number of rotatable bonds is 5. The Balaban J connectivity index is 2.01. The van der Waals surface area contributed by atoms with E-state index >= 15 is 0 Å². The molecular weight excluding hydrogens is 346 g/mol. The Morgan fingerprint density at radius 3 is 2.85 bits per heavy atom. The molecule has 0 aliphatic carbocycles. The molecule has 3 rings (SSSR count). The third-order valence-corrected chi connectivity index (χ3v) is 4.23. The highest BCUT2D eigenvalue weighted by atomic mass is 16.6. The van der Waals surface area contributed by atoms with Crippen LogP contribution in [0.5, 0.6) is 0 Å². The minimum absolute atomic E-state index is 0.0302. The number of aromatic amines is 1. The van der Waals surface area contributed by atoms with Crippen molar-refractivity contribution in [2.75, 3.05) is 19.0 Å². The molecule has 11 nitrogen and oxygen atoms in total. The van der Waals surface area contributed by atoms with Crippen LogP contribution < -0.4 is 10.9 Å². The molecule has 11 heteroatoms. The highest BCUT2D eigenvalue weighted by molar-refractivity contribution is 5.91. The van der Waals surface area contributed by atoms with E-state index in [-0.39, 0.29) is 35.5 Å². The summed E-state index contributed by atoms with van der Waals surface area (Å²) in [6.07, 6.45) is -2.24. The number of aliphatic hydroxyl groups excluding tert-OH is 2. The maximum atomic E-state index is 12.2. The maximum absolute atomic E-state index is 12.2. The molecule has 26 heavy (non-hydrogen) atoms. The van der Waals surface area contributed by atoms with Crippen molar-refractivity contribution in [2.24, 2.45) is 5.92 Å². The quantitative estimate of drug-likeness (QED) is 0.524. The van der Waals surface area contributed by atoms with Crippen LogP contribution in [0.15, 0.2) is 11.1 Å². The standard InChI is InChI=1S/C15H21N5O6/c1-6(2)12(23)18-15-17-11-8(13(24)19-15)16-5-20(11)14-9(22)10(25-3)7(4-21)26-14/h5-7,9-10,14,21-22H,4H2,1-3H3,(H2,17,18,19,23,24)/t7?,9-,10-,14?/m0/s1. The average molecular weight is 367 g/mol. The third kappa shape index (κ3) is 3.09. The highest BCUT2D eigenvalue weighted by Gasteiger charge is 2.45. The maximum Gasteiger partial charge on any atom is 0.280 e. The van der Waals surface area contributed by atoms with Crippen LogP contribution in [0.1, 0.15) is 20.1 Å². The molecular formula is C15H21N5O6. The second kappa shape index (κ2) is 7.11. The first-order valence-electron chi connectivity index (χ1n) is 8.12. The van der Waals surface area contributed by atoms with Crippen LogP contribution in [0.25, 0.3) is 11.2 Å². The molecule has 0 radical (unpaired) electrons. The van der Waals surface area contributed by atoms with Crippen molar-refractivity contribution in [1.29, 1.82) is 0 Å². The van der Waals surface area contributed by atoms with Crippen molar-refractivity contribution in [3.63, 3.8) is 0 Å². The van der Waals surface area contributed by atoms with Gasteiger partial charge in [-0.15, -0.1) is 0 Å². The van der Waals surface area contributed by atoms with E-state index in [1.807, 2.05) is 0 Å². The summed E-state index contributed by atoms with van der Waals surface area (Å²) in [7, 11) is 1.40. The average Bonchev–Trinajstić information content (AvgIpc) is 3.15. The molecule has 1 aliphatic rings. The fraction of sp³-hybridized carbons (Fsp3) is 0.600. The number of hydrogen-bond acceptors (Lipinski definition) is 8. The number of methoxy groups -OCH3 is 1. The van der Waals surface area contributed by atoms with Crippen LogP contribution in [-0.4, -0.2) is 67.7 Å². The van der Waals surface area contributed by atoms with Crippen molar-refractivity contribution in [3.05, 3.63) is 16.7 Å². The van der Waals surface area contributed by atoms with E-state index in [1.165, 1.54) is 18.0 Å². The molecule has 2 aromatic rings. The van der Waals surface area contributed by atoms with Crippen molar-refractivity contribution >= 4 is 23.0 Å². The van der Waals surface area contributed by atoms with Gasteiger partial charge in [0.1, 0.15) is 18.3 Å². The zero-order valence-corrected chi connectivity index (χ0v) is 14.5. The smallest absolute Gasteiger partial charge is 0.280 e. The summed E-state index contributed by atoms with van der Waals surface area (Å²) in [5.74, 6) is -0.637. The van der Waals surface area contributed by atoms with Gasteiger partial charge in [-0.3, -0.25) is 24.5 Å². The van der Waals surface area contributed by atoms with Crippen LogP contribution >= 0.6 is 0 Å². The Kier molecular flexibility index (Phi) is 5.05. The summed E-state index contributed by atoms with van der Waals surface area (Å²) >= 11 is 0. The molecule has 1 fully saturated rings. The topological polar surface area (TPSA) is 152 Å². The number of nitrogens with zero attached hydrogens (tertiary/aromatic N) is 3. The molecule has 2 unspecified atom stereocenters. The Hall–Kier alpha value is -2.34. The lowest BCUT2D eigenvalue weighted by Crippen LogP contribution is -2.35. The van der Waals surface area contributed by atoms with E-state index in [9.17, 15) is 19.8 Å². The number of amides is 1. The van der Waals surface area contributed by atoms with E-state index in [2.05, 4.69) is 20.3 Å². The van der Waals surface area contributed by atoms with Gasteiger partial charge in [0.15, 0.2) is 17.4 Å². The molecule has 142 valence electrons. The molecule has 4 atom stereocenters. The highest BCUT2D eigenvalue weighted by Crippen LogP contribution is 2.32. The van der Waals surface area contributed by atoms with Gasteiger partial charge in [0.25, 0.3) is 5.56 Å². The summed E-state index contributed by atoms with van der Waals surface area (Å²) in [6, 6.07) is 0. The van der Waals surface area contributed by atoms with Crippen molar-refractivity contribution in [3.8, 4) is 0 Å². The lowest BCUT2D eigenvalue weighted by atomic mass is 10.1. The van der Waals surface area contributed by atoms with E-state index < -0.39 is 30.1 Å². The fourth-order valence-corrected chi connectivity index (χ4v) is 2.82. The fourth-order valence-electron chi connectivity index (χ4n) is 2.82. The van der Waals surface area contributed by atoms with Gasteiger partial charge in [0.05, 0.1) is 12.9 Å². The molecule has 0 spiro atoms. The first-order valence-corrected chi connectivity index (χ1v) is 8.12. The first kappa shape index (κ1) is 18.5. The van der Waals surface area contributed by atoms with Gasteiger partial charge < -0.3 is 19.7 Å². The van der Waals surface area contributed by atoms with Gasteiger partial charge in [-0.05, 0) is 0 Å². The number of aliphatic hydroxyl groups is 2. The molecule has 0 aromatic carbocycles. The number of anilines is 1. The summed E-state index contributed by atoms with van der Waals surface area (Å²) in [6.45, 7) is 3.07. The molecule has 4 N–H and O–H groups in total. The van der Waals surface area contributed by atoms with Gasteiger partial charge >= 0.3 is 0 Å². The number of fused-ring (bicyclic) bond motifs is 1. The van der Waals surface area contributed by atoms with Gasteiger partial charge in [0, 0.05) is 13.0 Å². The van der Waals surface area contributed by atoms with Gasteiger partial charge in [-0.2, -0.15) is 4.98 Å². The lowest BCUT2D eigenvalue weighted by Gasteiger charge is -2.18. The van der Waals surface area contributed by atoms with E-state index in [0.29, 0.717) is 0 Å². The SMILES string of the molecule is CO[C@H]1C(CO)OC(n2cnc3c(=O)[nH]c(NC(=O)C(C)C)nc32)[C@H]1O. The predicted molar refractivity (Wildman–Crippen MR) is 89.4 cm³/mol. The number of nitrogens with one attached hydrogen (secondary N) is 2. The van der Waals surface area contributed by atoms with Gasteiger partial charge in [-0.1, -0.05) is 13.8 Å². The summed E-state index contributed by atoms with van der Waals surface area (Å²) in [4.78, 5) is 34.7. The number of hydrogen-bond donors (Lipinski definition) is 4. The van der Waals surface area contributed by atoms with Crippen molar-refractivity contribution in [1.82, 2.24) is 19.5 Å². The van der Waals surface area contributed by atoms with E-state index in [0.717, 1.165) is 0 Å². The Morgan fingerprint density at radius 1 is 1.54 bits per heavy atom. The third-order valence-electron chi connectivity index (χ3n) is 4.23. The molecule has 0 bridgehead atoms. The minimum Gasteiger partial charge on any atom is -0.394 e. The van der Waals surface area contributed by atoms with Crippen molar-refractivity contribution in [2.45, 2.75) is 38.4 Å². The summed E-state index contributed by atoms with van der Waals surface area (Å²) < 4.78 is 12.2. The number of aromatic nitrogens is 4. The first-order chi connectivity index (χ1) is 12.4. The number of H-pyrrole nitrogens is 1. The second-order valence-corrected chi connectivity index (χ2v) is 6.32. The van der Waals surface area contributed by atoms with Gasteiger partial charge in [-0.25, -0.2) is 4.98 Å². The largest absolute Gasteiger partial charge is 0.394 e. The zero-order valence-electron chi connectivity index (χ0n) is 14.5. The molecule has 1 aliphatic heterocycles. The van der Waals surface area contributed by atoms with Crippen LogP contribution in [0.4, 0.5) is 5.95 Å².